The van der Waals surface area contributed by atoms with E-state index in [9.17, 15) is 9.59 Å². The molecule has 0 bridgehead atoms. The average molecular weight is 543 g/mol. The Kier molecular flexibility index (Phi) is 7.74. The molecule has 1 atom stereocenters. The van der Waals surface area contributed by atoms with Gasteiger partial charge in [0.25, 0.3) is 5.91 Å². The van der Waals surface area contributed by atoms with Gasteiger partial charge in [0.05, 0.1) is 17.7 Å². The minimum Gasteiger partial charge on any atom is -0.497 e. The monoisotopic (exact) mass is 542 g/mol. The number of benzene rings is 3. The number of halogens is 1. The van der Waals surface area contributed by atoms with Gasteiger partial charge in [-0.1, -0.05) is 48.0 Å². The molecule has 0 aliphatic heterocycles. The van der Waals surface area contributed by atoms with Crippen molar-refractivity contribution in [2.24, 2.45) is 0 Å². The average Bonchev–Trinajstić information content (AvgIpc) is 2.98. The van der Waals surface area contributed by atoms with Crippen LogP contribution < -0.4 is 20.1 Å². The van der Waals surface area contributed by atoms with E-state index in [0.29, 0.717) is 47.1 Å². The molecule has 1 aromatic heterocycles. The lowest BCUT2D eigenvalue weighted by Crippen LogP contribution is -2.61. The molecule has 0 saturated carbocycles. The summed E-state index contributed by atoms with van der Waals surface area (Å²) >= 11 is 6.28. The van der Waals surface area contributed by atoms with Crippen LogP contribution in [-0.4, -0.2) is 34.4 Å². The number of ether oxygens (including phenoxy) is 2. The summed E-state index contributed by atoms with van der Waals surface area (Å²) in [4.78, 5) is 34.6. The first kappa shape index (κ1) is 26.2. The fraction of sp³-hybridized carbons (Fsp3) is 0.200. The van der Waals surface area contributed by atoms with Gasteiger partial charge in [-0.05, 0) is 53.8 Å². The number of aryl methyl sites for hydroxylation is 1. The molecule has 2 amide bonds. The molecular weight excluding hydrogens is 516 g/mol. The van der Waals surface area contributed by atoms with Crippen LogP contribution in [0.25, 0.3) is 0 Å². The molecule has 2 N–H and O–H groups in total. The zero-order valence-electron chi connectivity index (χ0n) is 21.3. The second kappa shape index (κ2) is 11.5. The smallest absolute Gasteiger partial charge is 0.255 e. The summed E-state index contributed by atoms with van der Waals surface area (Å²) in [6, 6.07) is 20.6. The van der Waals surface area contributed by atoms with Crippen molar-refractivity contribution in [1.82, 2.24) is 20.6 Å². The van der Waals surface area contributed by atoms with Crippen LogP contribution in [0.1, 0.15) is 33.5 Å². The summed E-state index contributed by atoms with van der Waals surface area (Å²) in [6.45, 7) is 0.288. The normalized spacial score (nSPS) is 16.1. The summed E-state index contributed by atoms with van der Waals surface area (Å²) < 4.78 is 11.1. The summed E-state index contributed by atoms with van der Waals surface area (Å²) in [5, 5.41) is 6.47. The summed E-state index contributed by atoms with van der Waals surface area (Å²) in [7, 11) is 1.57. The number of carbonyl (C=O) groups excluding carboxylic acids is 2. The lowest BCUT2D eigenvalue weighted by Gasteiger charge is -2.37. The lowest BCUT2D eigenvalue weighted by molar-refractivity contribution is -0.128. The summed E-state index contributed by atoms with van der Waals surface area (Å²) in [5.74, 6) is 1.13. The third-order valence-electron chi connectivity index (χ3n) is 6.79. The van der Waals surface area contributed by atoms with Gasteiger partial charge in [-0.25, -0.2) is 9.97 Å². The van der Waals surface area contributed by atoms with E-state index in [1.807, 2.05) is 42.5 Å². The number of carbonyl (C=O) groups is 2. The van der Waals surface area contributed by atoms with Gasteiger partial charge in [-0.3, -0.25) is 9.59 Å². The standard InChI is InChI=1S/C30H27ClN4O4/c1-38-25-10-11-27(26(31)14-25)39-24-8-6-20(7-9-24)16-34-29(37)30(35-28(36)23-17-32-19-33-18-23)13-12-21-4-2-3-5-22(21)15-30/h2-11,14,17-19H,12-13,15-16H2,1H3,(H,34,37)(H,35,36). The van der Waals surface area contributed by atoms with Crippen molar-refractivity contribution in [3.8, 4) is 17.2 Å². The molecule has 1 unspecified atom stereocenters. The van der Waals surface area contributed by atoms with Gasteiger partial charge in [0, 0.05) is 31.4 Å². The largest absolute Gasteiger partial charge is 0.497 e. The van der Waals surface area contributed by atoms with E-state index in [1.165, 1.54) is 24.3 Å². The molecule has 8 nitrogen and oxygen atoms in total. The van der Waals surface area contributed by atoms with E-state index in [4.69, 9.17) is 21.1 Å². The zero-order valence-corrected chi connectivity index (χ0v) is 22.1. The Morgan fingerprint density at radius 2 is 1.69 bits per heavy atom. The number of hydrogen-bond donors (Lipinski definition) is 2. The Morgan fingerprint density at radius 3 is 2.41 bits per heavy atom. The maximum atomic E-state index is 13.7. The van der Waals surface area contributed by atoms with Crippen molar-refractivity contribution in [3.05, 3.63) is 113 Å². The predicted molar refractivity (Wildman–Crippen MR) is 147 cm³/mol. The molecule has 1 aliphatic carbocycles. The Hall–Kier alpha value is -4.43. The first-order valence-electron chi connectivity index (χ1n) is 12.5. The van der Waals surface area contributed by atoms with Crippen LogP contribution in [0.5, 0.6) is 17.2 Å². The number of rotatable bonds is 8. The molecule has 1 heterocycles. The van der Waals surface area contributed by atoms with Gasteiger partial charge in [-0.15, -0.1) is 0 Å². The molecule has 0 fully saturated rings. The molecule has 0 spiro atoms. The third-order valence-corrected chi connectivity index (χ3v) is 7.08. The maximum absolute atomic E-state index is 13.7. The fourth-order valence-corrected chi connectivity index (χ4v) is 4.85. The van der Waals surface area contributed by atoms with Gasteiger partial charge in [0.2, 0.25) is 5.91 Å². The lowest BCUT2D eigenvalue weighted by atomic mass is 9.77. The molecule has 1 aliphatic rings. The molecule has 0 radical (unpaired) electrons. The van der Waals surface area contributed by atoms with Crippen LogP contribution >= 0.6 is 11.6 Å². The molecule has 198 valence electrons. The predicted octanol–water partition coefficient (Wildman–Crippen LogP) is 4.90. The second-order valence-corrected chi connectivity index (χ2v) is 9.74. The van der Waals surface area contributed by atoms with Crippen molar-refractivity contribution in [3.63, 3.8) is 0 Å². The molecule has 0 saturated heterocycles. The quantitative estimate of drug-likeness (QED) is 0.328. The highest BCUT2D eigenvalue weighted by Crippen LogP contribution is 2.33. The van der Waals surface area contributed by atoms with E-state index in [-0.39, 0.29) is 18.4 Å². The summed E-state index contributed by atoms with van der Waals surface area (Å²) in [5.41, 5.74) is 2.31. The number of nitrogens with zero attached hydrogens (tertiary/aromatic N) is 2. The first-order valence-corrected chi connectivity index (χ1v) is 12.9. The Morgan fingerprint density at radius 1 is 0.974 bits per heavy atom. The molecule has 4 aromatic rings. The Labute approximate surface area is 231 Å². The molecule has 5 rings (SSSR count). The Bertz CT molecular complexity index is 1480. The minimum absolute atomic E-state index is 0.243. The Balaban J connectivity index is 1.28. The van der Waals surface area contributed by atoms with Gasteiger partial charge in [0.1, 0.15) is 29.1 Å². The van der Waals surface area contributed by atoms with Crippen LogP contribution in [-0.2, 0) is 24.2 Å². The molecule has 39 heavy (non-hydrogen) atoms. The van der Waals surface area contributed by atoms with E-state index >= 15 is 0 Å². The highest BCUT2D eigenvalue weighted by Gasteiger charge is 2.42. The van der Waals surface area contributed by atoms with Crippen LogP contribution in [0.15, 0.2) is 85.5 Å². The zero-order chi connectivity index (χ0) is 27.2. The first-order chi connectivity index (χ1) is 19.0. The highest BCUT2D eigenvalue weighted by atomic mass is 35.5. The second-order valence-electron chi connectivity index (χ2n) is 9.33. The van der Waals surface area contributed by atoms with Crippen molar-refractivity contribution in [2.75, 3.05) is 7.11 Å². The van der Waals surface area contributed by atoms with Gasteiger partial charge < -0.3 is 20.1 Å². The third kappa shape index (κ3) is 6.02. The maximum Gasteiger partial charge on any atom is 0.255 e. The molecular formula is C30H27ClN4O4. The van der Waals surface area contributed by atoms with E-state index < -0.39 is 5.54 Å². The number of hydrogen-bond acceptors (Lipinski definition) is 6. The number of amides is 2. The number of methoxy groups -OCH3 is 1. The minimum atomic E-state index is -1.10. The van der Waals surface area contributed by atoms with Crippen LogP contribution in [0.4, 0.5) is 0 Å². The van der Waals surface area contributed by atoms with E-state index in [0.717, 1.165) is 11.1 Å². The summed E-state index contributed by atoms with van der Waals surface area (Å²) in [6.07, 6.45) is 5.78. The molecule has 3 aromatic carbocycles. The van der Waals surface area contributed by atoms with Crippen LogP contribution in [0.3, 0.4) is 0 Å². The van der Waals surface area contributed by atoms with Crippen molar-refractivity contribution >= 4 is 23.4 Å². The fourth-order valence-electron chi connectivity index (χ4n) is 4.64. The number of fused-ring (bicyclic) bond motifs is 1. The van der Waals surface area contributed by atoms with Gasteiger partial charge >= 0.3 is 0 Å². The van der Waals surface area contributed by atoms with E-state index in [2.05, 4.69) is 26.7 Å². The van der Waals surface area contributed by atoms with Crippen molar-refractivity contribution in [2.45, 2.75) is 31.3 Å². The SMILES string of the molecule is COc1ccc(Oc2ccc(CNC(=O)C3(NC(=O)c4cncnc4)CCc4ccccc4C3)cc2)c(Cl)c1. The van der Waals surface area contributed by atoms with Gasteiger partial charge in [0.15, 0.2) is 0 Å². The molecule has 9 heteroatoms. The van der Waals surface area contributed by atoms with Gasteiger partial charge in [-0.2, -0.15) is 0 Å². The number of aromatic nitrogens is 2. The van der Waals surface area contributed by atoms with Crippen molar-refractivity contribution in [1.29, 1.82) is 0 Å². The van der Waals surface area contributed by atoms with Crippen LogP contribution in [0, 0.1) is 0 Å². The van der Waals surface area contributed by atoms with E-state index in [1.54, 1.807) is 25.3 Å². The number of nitrogens with one attached hydrogen (secondary N) is 2. The highest BCUT2D eigenvalue weighted by molar-refractivity contribution is 6.32. The van der Waals surface area contributed by atoms with Crippen LogP contribution in [0.2, 0.25) is 5.02 Å². The topological polar surface area (TPSA) is 102 Å². The van der Waals surface area contributed by atoms with Crippen molar-refractivity contribution < 1.29 is 19.1 Å².